The van der Waals surface area contributed by atoms with Crippen LogP contribution < -0.4 is 5.32 Å². The molecule has 1 atom stereocenters. The van der Waals surface area contributed by atoms with Crippen molar-refractivity contribution >= 4 is 5.91 Å². The monoisotopic (exact) mass is 385 g/mol. The van der Waals surface area contributed by atoms with Crippen molar-refractivity contribution in [3.8, 4) is 0 Å². The first kappa shape index (κ1) is 25.9. The Morgan fingerprint density at radius 1 is 0.821 bits per heavy atom. The van der Waals surface area contributed by atoms with E-state index in [-0.39, 0.29) is 12.5 Å². The normalized spacial score (nSPS) is 15.1. The van der Waals surface area contributed by atoms with Gasteiger partial charge in [0.25, 0.3) is 0 Å². The lowest BCUT2D eigenvalue weighted by Gasteiger charge is -2.22. The average Bonchev–Trinajstić information content (AvgIpc) is 2.68. The van der Waals surface area contributed by atoms with Gasteiger partial charge in [0.2, 0.25) is 5.91 Å². The molecular formula is C25H39NO2. The molecule has 3 nitrogen and oxygen atoms in total. The van der Waals surface area contributed by atoms with Crippen LogP contribution in [0, 0.1) is 0 Å². The Morgan fingerprint density at radius 2 is 1.36 bits per heavy atom. The maximum absolute atomic E-state index is 11.7. The number of carbonyl (C=O) groups is 1. The first-order valence-electron chi connectivity index (χ1n) is 10.5. The predicted molar refractivity (Wildman–Crippen MR) is 122 cm³/mol. The number of carbonyl (C=O) groups excluding carboxylic acids is 1. The lowest BCUT2D eigenvalue weighted by atomic mass is 9.99. The Kier molecular flexibility index (Phi) is 16.9. The van der Waals surface area contributed by atoms with Gasteiger partial charge in [0.05, 0.1) is 5.60 Å². The first-order valence-corrected chi connectivity index (χ1v) is 10.5. The number of allylic oxidation sites excluding steroid dienone is 11. The Morgan fingerprint density at radius 3 is 1.89 bits per heavy atom. The van der Waals surface area contributed by atoms with E-state index in [0.717, 1.165) is 32.1 Å². The van der Waals surface area contributed by atoms with Crippen LogP contribution in [0.2, 0.25) is 0 Å². The highest BCUT2D eigenvalue weighted by atomic mass is 16.3. The summed E-state index contributed by atoms with van der Waals surface area (Å²) in [7, 11) is 0. The van der Waals surface area contributed by atoms with E-state index in [1.54, 1.807) is 13.0 Å². The molecule has 1 amide bonds. The zero-order chi connectivity index (χ0) is 20.9. The molecule has 0 saturated carbocycles. The molecule has 0 aliphatic carbocycles. The van der Waals surface area contributed by atoms with Crippen molar-refractivity contribution < 1.29 is 9.90 Å². The summed E-state index contributed by atoms with van der Waals surface area (Å²) in [4.78, 5) is 11.7. The van der Waals surface area contributed by atoms with Gasteiger partial charge in [-0.15, -0.1) is 0 Å². The van der Waals surface area contributed by atoms with Crippen molar-refractivity contribution in [3.63, 3.8) is 0 Å². The summed E-state index contributed by atoms with van der Waals surface area (Å²) < 4.78 is 0. The smallest absolute Gasteiger partial charge is 0.244 e. The Hall–Kier alpha value is -2.13. The molecule has 0 aromatic carbocycles. The van der Waals surface area contributed by atoms with Gasteiger partial charge in [0.1, 0.15) is 0 Å². The van der Waals surface area contributed by atoms with Crippen LogP contribution in [0.1, 0.15) is 65.7 Å². The molecule has 2 N–H and O–H groups in total. The molecule has 0 radical (unpaired) electrons. The Labute approximate surface area is 172 Å². The van der Waals surface area contributed by atoms with Crippen LogP contribution in [0.25, 0.3) is 0 Å². The van der Waals surface area contributed by atoms with Gasteiger partial charge in [-0.2, -0.15) is 0 Å². The Bertz CT molecular complexity index is 563. The molecule has 0 aliphatic rings. The van der Waals surface area contributed by atoms with Crippen LogP contribution in [-0.2, 0) is 4.79 Å². The van der Waals surface area contributed by atoms with E-state index in [1.807, 2.05) is 18.2 Å². The lowest BCUT2D eigenvalue weighted by molar-refractivity contribution is -0.117. The fourth-order valence-corrected chi connectivity index (χ4v) is 2.27. The number of amides is 1. The highest BCUT2D eigenvalue weighted by molar-refractivity contribution is 5.87. The van der Waals surface area contributed by atoms with E-state index in [2.05, 4.69) is 61.7 Å². The van der Waals surface area contributed by atoms with Crippen molar-refractivity contribution in [2.24, 2.45) is 0 Å². The number of hydrogen-bond donors (Lipinski definition) is 2. The maximum atomic E-state index is 11.7. The van der Waals surface area contributed by atoms with Crippen LogP contribution in [0.5, 0.6) is 0 Å². The summed E-state index contributed by atoms with van der Waals surface area (Å²) in [6, 6.07) is 0. The van der Waals surface area contributed by atoms with Crippen LogP contribution in [0.3, 0.4) is 0 Å². The molecule has 28 heavy (non-hydrogen) atoms. The second kappa shape index (κ2) is 18.2. The molecular weight excluding hydrogens is 346 g/mol. The zero-order valence-corrected chi connectivity index (χ0v) is 17.9. The standard InChI is InChI=1S/C25H39NO2/c1-4-6-8-9-10-11-12-13-14-15-16-17-18-19-20-21-24(27)26-23-25(3,28)22-7-5-2/h8-13,16-21,28H,4-7,14-15,22-23H2,1-3H3,(H,26,27). The van der Waals surface area contributed by atoms with Crippen molar-refractivity contribution in [3.05, 3.63) is 72.9 Å². The van der Waals surface area contributed by atoms with Crippen LogP contribution in [0.4, 0.5) is 0 Å². The van der Waals surface area contributed by atoms with Crippen LogP contribution in [-0.4, -0.2) is 23.2 Å². The van der Waals surface area contributed by atoms with E-state index in [1.165, 1.54) is 12.5 Å². The van der Waals surface area contributed by atoms with E-state index in [4.69, 9.17) is 0 Å². The molecule has 0 saturated heterocycles. The summed E-state index contributed by atoms with van der Waals surface area (Å²) >= 11 is 0. The largest absolute Gasteiger partial charge is 0.388 e. The average molecular weight is 386 g/mol. The molecule has 0 aromatic rings. The molecule has 0 spiro atoms. The van der Waals surface area contributed by atoms with Crippen molar-refractivity contribution in [2.75, 3.05) is 6.54 Å². The fourth-order valence-electron chi connectivity index (χ4n) is 2.27. The Balaban J connectivity index is 3.88. The first-order chi connectivity index (χ1) is 13.5. The van der Waals surface area contributed by atoms with Gasteiger partial charge in [0.15, 0.2) is 0 Å². The molecule has 0 bridgehead atoms. The minimum Gasteiger partial charge on any atom is -0.388 e. The van der Waals surface area contributed by atoms with Crippen molar-refractivity contribution in [2.45, 2.75) is 71.3 Å². The minimum atomic E-state index is -0.839. The fraction of sp³-hybridized carbons (Fsp3) is 0.480. The zero-order valence-electron chi connectivity index (χ0n) is 17.9. The summed E-state index contributed by atoms with van der Waals surface area (Å²) in [5.74, 6) is -0.187. The SMILES string of the molecule is CCCC=CC=CC=CCCC=CC=CC=CC(=O)NCC(C)(O)CCCC. The van der Waals surface area contributed by atoms with Gasteiger partial charge >= 0.3 is 0 Å². The number of nitrogens with one attached hydrogen (secondary N) is 1. The van der Waals surface area contributed by atoms with Gasteiger partial charge in [-0.3, -0.25) is 4.79 Å². The van der Waals surface area contributed by atoms with E-state index >= 15 is 0 Å². The van der Waals surface area contributed by atoms with Crippen molar-refractivity contribution in [1.82, 2.24) is 5.32 Å². The van der Waals surface area contributed by atoms with E-state index in [0.29, 0.717) is 6.42 Å². The second-order valence-corrected chi connectivity index (χ2v) is 7.10. The third-order valence-electron chi connectivity index (χ3n) is 3.99. The number of rotatable bonds is 15. The highest BCUT2D eigenvalue weighted by Crippen LogP contribution is 2.11. The lowest BCUT2D eigenvalue weighted by Crippen LogP contribution is -2.39. The highest BCUT2D eigenvalue weighted by Gasteiger charge is 2.19. The van der Waals surface area contributed by atoms with Crippen LogP contribution >= 0.6 is 0 Å². The maximum Gasteiger partial charge on any atom is 0.244 e. The molecule has 0 heterocycles. The number of hydrogen-bond acceptors (Lipinski definition) is 2. The second-order valence-electron chi connectivity index (χ2n) is 7.10. The third-order valence-corrected chi connectivity index (χ3v) is 3.99. The molecule has 156 valence electrons. The summed E-state index contributed by atoms with van der Waals surface area (Å²) in [5.41, 5.74) is -0.839. The van der Waals surface area contributed by atoms with Crippen LogP contribution in [0.15, 0.2) is 72.9 Å². The molecule has 0 aliphatic heterocycles. The molecule has 3 heteroatoms. The summed E-state index contributed by atoms with van der Waals surface area (Å²) in [6.07, 6.45) is 30.6. The van der Waals surface area contributed by atoms with E-state index < -0.39 is 5.60 Å². The van der Waals surface area contributed by atoms with Crippen molar-refractivity contribution in [1.29, 1.82) is 0 Å². The van der Waals surface area contributed by atoms with Gasteiger partial charge < -0.3 is 10.4 Å². The molecule has 1 unspecified atom stereocenters. The quantitative estimate of drug-likeness (QED) is 0.207. The summed E-state index contributed by atoms with van der Waals surface area (Å²) in [6.45, 7) is 6.29. The molecule has 0 fully saturated rings. The van der Waals surface area contributed by atoms with Gasteiger partial charge in [-0.25, -0.2) is 0 Å². The number of aliphatic hydroxyl groups is 1. The summed E-state index contributed by atoms with van der Waals surface area (Å²) in [5, 5.41) is 12.9. The molecule has 0 rings (SSSR count). The molecule has 0 aromatic heterocycles. The minimum absolute atomic E-state index is 0.187. The topological polar surface area (TPSA) is 49.3 Å². The van der Waals surface area contributed by atoms with Gasteiger partial charge in [0, 0.05) is 12.6 Å². The number of unbranched alkanes of at least 4 members (excludes halogenated alkanes) is 3. The van der Waals surface area contributed by atoms with Gasteiger partial charge in [-0.1, -0.05) is 99.9 Å². The third kappa shape index (κ3) is 18.7. The predicted octanol–water partition coefficient (Wildman–Crippen LogP) is 5.96. The van der Waals surface area contributed by atoms with Gasteiger partial charge in [-0.05, 0) is 32.6 Å². The van der Waals surface area contributed by atoms with E-state index in [9.17, 15) is 9.90 Å².